The molecule has 0 spiro atoms. The van der Waals surface area contributed by atoms with E-state index in [0.717, 1.165) is 16.9 Å². The van der Waals surface area contributed by atoms with Crippen LogP contribution in [0.5, 0.6) is 5.75 Å². The summed E-state index contributed by atoms with van der Waals surface area (Å²) in [5.74, 6) is 0.0376. The molecule has 0 fully saturated rings. The SMILES string of the molecule is Cc1ccc(C2=C(Nc3ccc(OC(C)C)cc3)C(=O)N(Cc3ccc(Cl)cc3)C2=O)cc1. The van der Waals surface area contributed by atoms with E-state index in [4.69, 9.17) is 16.3 Å². The first kappa shape index (κ1) is 22.6. The molecule has 33 heavy (non-hydrogen) atoms. The number of carbonyl (C=O) groups is 2. The second-order valence-corrected chi connectivity index (χ2v) is 8.69. The molecule has 0 bridgehead atoms. The molecule has 168 valence electrons. The molecule has 3 aromatic rings. The van der Waals surface area contributed by atoms with Crippen LogP contribution in [-0.4, -0.2) is 22.8 Å². The fourth-order valence-electron chi connectivity index (χ4n) is 3.63. The van der Waals surface area contributed by atoms with Crippen LogP contribution in [0.25, 0.3) is 5.57 Å². The zero-order valence-electron chi connectivity index (χ0n) is 18.8. The number of rotatable bonds is 7. The Morgan fingerprint density at radius 3 is 2.12 bits per heavy atom. The lowest BCUT2D eigenvalue weighted by atomic mass is 10.0. The summed E-state index contributed by atoms with van der Waals surface area (Å²) in [7, 11) is 0. The number of imide groups is 1. The average Bonchev–Trinajstić information content (AvgIpc) is 3.01. The first-order valence-corrected chi connectivity index (χ1v) is 11.2. The van der Waals surface area contributed by atoms with Crippen molar-refractivity contribution < 1.29 is 14.3 Å². The molecule has 1 heterocycles. The predicted octanol–water partition coefficient (Wildman–Crippen LogP) is 5.83. The summed E-state index contributed by atoms with van der Waals surface area (Å²) in [4.78, 5) is 28.1. The third-order valence-corrected chi connectivity index (χ3v) is 5.51. The molecule has 4 rings (SSSR count). The third-order valence-electron chi connectivity index (χ3n) is 5.26. The Kier molecular flexibility index (Phi) is 6.52. The minimum absolute atomic E-state index is 0.0649. The van der Waals surface area contributed by atoms with E-state index in [2.05, 4.69) is 5.32 Å². The zero-order chi connectivity index (χ0) is 23.5. The summed E-state index contributed by atoms with van der Waals surface area (Å²) in [5.41, 5.74) is 3.90. The highest BCUT2D eigenvalue weighted by atomic mass is 35.5. The van der Waals surface area contributed by atoms with Gasteiger partial charge in [-0.05, 0) is 68.3 Å². The van der Waals surface area contributed by atoms with Gasteiger partial charge in [0.1, 0.15) is 11.4 Å². The average molecular weight is 461 g/mol. The van der Waals surface area contributed by atoms with Gasteiger partial charge in [0, 0.05) is 10.7 Å². The minimum Gasteiger partial charge on any atom is -0.491 e. The zero-order valence-corrected chi connectivity index (χ0v) is 19.5. The van der Waals surface area contributed by atoms with Crippen molar-refractivity contribution in [3.63, 3.8) is 0 Å². The number of anilines is 1. The van der Waals surface area contributed by atoms with E-state index in [0.29, 0.717) is 21.8 Å². The van der Waals surface area contributed by atoms with Gasteiger partial charge in [0.15, 0.2) is 0 Å². The van der Waals surface area contributed by atoms with Crippen molar-refractivity contribution in [1.82, 2.24) is 4.90 Å². The Labute approximate surface area is 198 Å². The lowest BCUT2D eigenvalue weighted by molar-refractivity contribution is -0.137. The van der Waals surface area contributed by atoms with Gasteiger partial charge in [-0.15, -0.1) is 0 Å². The highest BCUT2D eigenvalue weighted by Crippen LogP contribution is 2.32. The van der Waals surface area contributed by atoms with E-state index >= 15 is 0 Å². The molecule has 1 aliphatic rings. The smallest absolute Gasteiger partial charge is 0.278 e. The largest absolute Gasteiger partial charge is 0.491 e. The second kappa shape index (κ2) is 9.51. The maximum Gasteiger partial charge on any atom is 0.278 e. The van der Waals surface area contributed by atoms with Crippen molar-refractivity contribution in [2.45, 2.75) is 33.4 Å². The standard InChI is InChI=1S/C27H25ClN2O3/c1-17(2)33-23-14-12-22(13-15-23)29-25-24(20-8-4-18(3)5-9-20)26(31)30(27(25)32)16-19-6-10-21(28)11-7-19/h4-15,17,29H,16H2,1-3H3. The number of hydrogen-bond donors (Lipinski definition) is 1. The van der Waals surface area contributed by atoms with Crippen molar-refractivity contribution in [3.05, 3.63) is 100 Å². The van der Waals surface area contributed by atoms with Crippen LogP contribution >= 0.6 is 11.6 Å². The minimum atomic E-state index is -0.368. The molecule has 0 atom stereocenters. The molecule has 5 nitrogen and oxygen atoms in total. The van der Waals surface area contributed by atoms with Gasteiger partial charge in [0.25, 0.3) is 11.8 Å². The topological polar surface area (TPSA) is 58.6 Å². The monoisotopic (exact) mass is 460 g/mol. The third kappa shape index (κ3) is 5.10. The fraction of sp³-hybridized carbons (Fsp3) is 0.185. The van der Waals surface area contributed by atoms with E-state index in [1.807, 2.05) is 81.4 Å². The number of aryl methyl sites for hydroxylation is 1. The highest BCUT2D eigenvalue weighted by molar-refractivity contribution is 6.36. The number of benzene rings is 3. The molecule has 3 aromatic carbocycles. The summed E-state index contributed by atoms with van der Waals surface area (Å²) in [6, 6.07) is 22.0. The molecule has 0 radical (unpaired) electrons. The van der Waals surface area contributed by atoms with E-state index < -0.39 is 0 Å². The Bertz CT molecular complexity index is 1200. The Hall–Kier alpha value is -3.57. The number of amides is 2. The Morgan fingerprint density at radius 1 is 0.879 bits per heavy atom. The van der Waals surface area contributed by atoms with Crippen LogP contribution in [0.3, 0.4) is 0 Å². The molecule has 0 saturated heterocycles. The van der Waals surface area contributed by atoms with Crippen molar-refractivity contribution >= 4 is 34.7 Å². The van der Waals surface area contributed by atoms with Gasteiger partial charge >= 0.3 is 0 Å². The number of nitrogens with one attached hydrogen (secondary N) is 1. The van der Waals surface area contributed by atoms with Gasteiger partial charge in [-0.1, -0.05) is 53.6 Å². The first-order chi connectivity index (χ1) is 15.8. The van der Waals surface area contributed by atoms with E-state index in [9.17, 15) is 9.59 Å². The lowest BCUT2D eigenvalue weighted by Crippen LogP contribution is -2.32. The molecule has 0 saturated carbocycles. The molecular formula is C27H25ClN2O3. The Balaban J connectivity index is 1.67. The molecule has 6 heteroatoms. The van der Waals surface area contributed by atoms with Crippen LogP contribution in [0.4, 0.5) is 5.69 Å². The number of nitrogens with zero attached hydrogens (tertiary/aromatic N) is 1. The van der Waals surface area contributed by atoms with Gasteiger partial charge < -0.3 is 10.1 Å². The van der Waals surface area contributed by atoms with Crippen molar-refractivity contribution in [2.24, 2.45) is 0 Å². The van der Waals surface area contributed by atoms with Crippen molar-refractivity contribution in [3.8, 4) is 5.75 Å². The van der Waals surface area contributed by atoms with Crippen LogP contribution in [0, 0.1) is 6.92 Å². The van der Waals surface area contributed by atoms with Gasteiger partial charge in [-0.2, -0.15) is 0 Å². The first-order valence-electron chi connectivity index (χ1n) is 10.8. The summed E-state index contributed by atoms with van der Waals surface area (Å²) < 4.78 is 5.69. The Morgan fingerprint density at radius 2 is 1.52 bits per heavy atom. The van der Waals surface area contributed by atoms with Crippen LogP contribution in [-0.2, 0) is 16.1 Å². The fourth-order valence-corrected chi connectivity index (χ4v) is 3.76. The van der Waals surface area contributed by atoms with Gasteiger partial charge in [-0.3, -0.25) is 14.5 Å². The van der Waals surface area contributed by atoms with E-state index in [1.165, 1.54) is 4.90 Å². The summed E-state index contributed by atoms with van der Waals surface area (Å²) >= 11 is 5.98. The van der Waals surface area contributed by atoms with Gasteiger partial charge in [0.2, 0.25) is 0 Å². The summed E-state index contributed by atoms with van der Waals surface area (Å²) in [5, 5.41) is 3.78. The molecule has 1 N–H and O–H groups in total. The molecule has 1 aliphatic heterocycles. The number of carbonyl (C=O) groups excluding carboxylic acids is 2. The number of hydrogen-bond acceptors (Lipinski definition) is 4. The van der Waals surface area contributed by atoms with E-state index in [1.54, 1.807) is 12.1 Å². The summed E-state index contributed by atoms with van der Waals surface area (Å²) in [6.45, 7) is 6.06. The van der Waals surface area contributed by atoms with Crippen LogP contribution < -0.4 is 10.1 Å². The van der Waals surface area contributed by atoms with E-state index in [-0.39, 0.29) is 30.2 Å². The van der Waals surface area contributed by atoms with Crippen LogP contribution in [0.1, 0.15) is 30.5 Å². The lowest BCUT2D eigenvalue weighted by Gasteiger charge is -2.16. The van der Waals surface area contributed by atoms with Gasteiger partial charge in [0.05, 0.1) is 18.2 Å². The quantitative estimate of drug-likeness (QED) is 0.451. The predicted molar refractivity (Wildman–Crippen MR) is 131 cm³/mol. The maximum atomic E-state index is 13.4. The number of ether oxygens (including phenoxy) is 1. The van der Waals surface area contributed by atoms with Crippen LogP contribution in [0.15, 0.2) is 78.5 Å². The van der Waals surface area contributed by atoms with Crippen molar-refractivity contribution in [1.29, 1.82) is 0 Å². The molecule has 0 aliphatic carbocycles. The molecule has 2 amide bonds. The highest BCUT2D eigenvalue weighted by Gasteiger charge is 2.39. The normalized spacial score (nSPS) is 13.8. The second-order valence-electron chi connectivity index (χ2n) is 8.25. The molecular weight excluding hydrogens is 436 g/mol. The number of halogens is 1. The van der Waals surface area contributed by atoms with Crippen molar-refractivity contribution in [2.75, 3.05) is 5.32 Å². The maximum absolute atomic E-state index is 13.4. The molecule has 0 unspecified atom stereocenters. The van der Waals surface area contributed by atoms with Gasteiger partial charge in [-0.25, -0.2) is 0 Å². The molecule has 0 aromatic heterocycles. The van der Waals surface area contributed by atoms with Crippen LogP contribution in [0.2, 0.25) is 5.02 Å². The summed E-state index contributed by atoms with van der Waals surface area (Å²) in [6.07, 6.45) is 0.0649.